The van der Waals surface area contributed by atoms with E-state index in [0.717, 1.165) is 17.7 Å². The Morgan fingerprint density at radius 3 is 2.38 bits per heavy atom. The average molecular weight is 448 g/mol. The summed E-state index contributed by atoms with van der Waals surface area (Å²) in [7, 11) is 0. The van der Waals surface area contributed by atoms with Gasteiger partial charge in [-0.3, -0.25) is 5.32 Å². The Labute approximate surface area is 203 Å². The van der Waals surface area contributed by atoms with E-state index < -0.39 is 0 Å². The molecule has 3 heteroatoms. The lowest BCUT2D eigenvalue weighted by Gasteiger charge is -2.29. The molecule has 1 aromatic heterocycles. The summed E-state index contributed by atoms with van der Waals surface area (Å²) < 4.78 is 2.33. The largest absolute Gasteiger partial charge is 0.325 e. The molecule has 0 saturated heterocycles. The maximum Gasteiger partial charge on any atom is 0.127 e. The third-order valence-corrected chi connectivity index (χ3v) is 6.94. The molecule has 0 bridgehead atoms. The van der Waals surface area contributed by atoms with Gasteiger partial charge in [0.1, 0.15) is 6.17 Å². The van der Waals surface area contributed by atoms with Crippen molar-refractivity contribution in [1.82, 2.24) is 9.88 Å². The number of anilines is 2. The number of nitrogens with one attached hydrogen (secondary N) is 1. The van der Waals surface area contributed by atoms with Crippen LogP contribution in [0.1, 0.15) is 46.6 Å². The lowest BCUT2D eigenvalue weighted by Crippen LogP contribution is -2.28. The first-order valence-corrected chi connectivity index (χ1v) is 12.1. The molecule has 0 amide bonds. The second kappa shape index (κ2) is 9.00. The molecule has 2 atom stereocenters. The maximum atomic E-state index is 4.56. The first kappa shape index (κ1) is 22.2. The summed E-state index contributed by atoms with van der Waals surface area (Å²) >= 11 is 0. The fraction of sp³-hybridized carbons (Fsp3) is 0.226. The van der Waals surface area contributed by atoms with E-state index in [2.05, 4.69) is 134 Å². The molecule has 0 fully saturated rings. The van der Waals surface area contributed by atoms with Gasteiger partial charge in [0, 0.05) is 23.6 Å². The van der Waals surface area contributed by atoms with Gasteiger partial charge in [-0.25, -0.2) is 0 Å². The van der Waals surface area contributed by atoms with E-state index in [1.807, 2.05) is 0 Å². The van der Waals surface area contributed by atoms with Gasteiger partial charge in [-0.2, -0.15) is 0 Å². The van der Waals surface area contributed by atoms with Crippen molar-refractivity contribution in [2.24, 2.45) is 0 Å². The van der Waals surface area contributed by atoms with Gasteiger partial charge in [0.15, 0.2) is 0 Å². The lowest BCUT2D eigenvalue weighted by atomic mass is 10.0. The van der Waals surface area contributed by atoms with E-state index >= 15 is 0 Å². The molecular formula is C31H33N3. The number of benzene rings is 3. The number of aromatic nitrogens is 1. The third kappa shape index (κ3) is 4.20. The van der Waals surface area contributed by atoms with Crippen LogP contribution < -0.4 is 10.2 Å². The zero-order valence-corrected chi connectivity index (χ0v) is 20.5. The quantitative estimate of drug-likeness (QED) is 0.306. The van der Waals surface area contributed by atoms with E-state index in [1.165, 1.54) is 39.3 Å². The van der Waals surface area contributed by atoms with Crippen molar-refractivity contribution in [2.75, 3.05) is 4.90 Å². The Kier molecular flexibility index (Phi) is 5.89. The predicted octanol–water partition coefficient (Wildman–Crippen LogP) is 7.30. The number of hydrogen-bond donors (Lipinski definition) is 1. The van der Waals surface area contributed by atoms with Crippen molar-refractivity contribution in [3.63, 3.8) is 0 Å². The van der Waals surface area contributed by atoms with Crippen LogP contribution in [0.5, 0.6) is 0 Å². The van der Waals surface area contributed by atoms with Gasteiger partial charge in [-0.15, -0.1) is 0 Å². The molecular weight excluding hydrogens is 414 g/mol. The summed E-state index contributed by atoms with van der Waals surface area (Å²) in [5, 5.41) is 3.81. The third-order valence-electron chi connectivity index (χ3n) is 6.94. The number of rotatable bonds is 8. The Morgan fingerprint density at radius 1 is 0.912 bits per heavy atom. The summed E-state index contributed by atoms with van der Waals surface area (Å²) in [6, 6.07) is 28.4. The highest BCUT2D eigenvalue weighted by Crippen LogP contribution is 2.47. The number of nitrogens with zero attached hydrogens (tertiary/aromatic N) is 2. The minimum Gasteiger partial charge on any atom is -0.325 e. The zero-order valence-electron chi connectivity index (χ0n) is 20.5. The molecule has 5 rings (SSSR count). The second-order valence-corrected chi connectivity index (χ2v) is 9.52. The summed E-state index contributed by atoms with van der Waals surface area (Å²) in [5.41, 5.74) is 11.0. The number of fused-ring (bicyclic) bond motifs is 1. The van der Waals surface area contributed by atoms with Crippen molar-refractivity contribution < 1.29 is 0 Å². The minimum atomic E-state index is 0.233. The lowest BCUT2D eigenvalue weighted by molar-refractivity contribution is 0.500. The molecule has 0 radical (unpaired) electrons. The second-order valence-electron chi connectivity index (χ2n) is 9.52. The Balaban J connectivity index is 1.45. The van der Waals surface area contributed by atoms with Gasteiger partial charge in [0.05, 0.1) is 11.4 Å². The Hall–Kier alpha value is -3.56. The van der Waals surface area contributed by atoms with E-state index in [4.69, 9.17) is 0 Å². The molecule has 3 nitrogen and oxygen atoms in total. The molecule has 3 aromatic carbocycles. The smallest absolute Gasteiger partial charge is 0.127 e. The Morgan fingerprint density at radius 2 is 1.65 bits per heavy atom. The summed E-state index contributed by atoms with van der Waals surface area (Å²) in [6.45, 7) is 13.3. The van der Waals surface area contributed by atoms with Crippen molar-refractivity contribution in [3.8, 4) is 0 Å². The monoisotopic (exact) mass is 447 g/mol. The molecule has 2 heterocycles. The molecule has 1 aliphatic heterocycles. The van der Waals surface area contributed by atoms with Gasteiger partial charge < -0.3 is 9.47 Å². The van der Waals surface area contributed by atoms with Crippen molar-refractivity contribution in [3.05, 3.63) is 125 Å². The standard InChI is InChI=1S/C31H33N3/c1-21-14-16-27(17-15-21)25(5)34(28-13-9-10-22(2)24(28)4)29-18-19-33-30(29)31(33)32-23(3)20-26-11-7-6-8-12-26/h6-19,23,31-32H,5,20H2,1-4H3. The van der Waals surface area contributed by atoms with Crippen LogP contribution in [0.15, 0.2) is 91.6 Å². The van der Waals surface area contributed by atoms with Crippen LogP contribution in [0, 0.1) is 20.8 Å². The van der Waals surface area contributed by atoms with E-state index in [1.54, 1.807) is 0 Å². The highest BCUT2D eigenvalue weighted by atomic mass is 15.3. The van der Waals surface area contributed by atoms with Gasteiger partial charge in [-0.1, -0.05) is 78.9 Å². The fourth-order valence-electron chi connectivity index (χ4n) is 4.80. The number of aryl methyl sites for hydroxylation is 2. The summed E-state index contributed by atoms with van der Waals surface area (Å²) in [4.78, 5) is 2.34. The van der Waals surface area contributed by atoms with Crippen LogP contribution in [0.25, 0.3) is 5.70 Å². The topological polar surface area (TPSA) is 20.2 Å². The van der Waals surface area contributed by atoms with Gasteiger partial charge in [-0.05, 0) is 68.5 Å². The van der Waals surface area contributed by atoms with Crippen LogP contribution in [-0.2, 0) is 6.42 Å². The van der Waals surface area contributed by atoms with E-state index in [0.29, 0.717) is 6.04 Å². The highest BCUT2D eigenvalue weighted by Gasteiger charge is 2.39. The molecule has 1 aliphatic rings. The van der Waals surface area contributed by atoms with Crippen LogP contribution in [0.2, 0.25) is 0 Å². The van der Waals surface area contributed by atoms with Gasteiger partial charge in [0.25, 0.3) is 0 Å². The highest BCUT2D eigenvalue weighted by molar-refractivity contribution is 5.90. The summed E-state index contributed by atoms with van der Waals surface area (Å²) in [5.74, 6) is 0. The maximum absolute atomic E-state index is 4.56. The van der Waals surface area contributed by atoms with Crippen molar-refractivity contribution in [2.45, 2.75) is 46.3 Å². The molecule has 1 N–H and O–H groups in total. The van der Waals surface area contributed by atoms with Crippen LogP contribution in [0.3, 0.4) is 0 Å². The number of hydrogen-bond acceptors (Lipinski definition) is 2. The SMILES string of the molecule is C=C(c1ccc(C)cc1)N(c1cccc(C)c1C)c1ccn2c1C2NC(C)Cc1ccccc1. The molecule has 0 aliphatic carbocycles. The van der Waals surface area contributed by atoms with Crippen LogP contribution in [0.4, 0.5) is 11.4 Å². The Bertz CT molecular complexity index is 1310. The minimum absolute atomic E-state index is 0.233. The molecule has 0 spiro atoms. The normalized spacial score (nSPS) is 15.0. The molecule has 4 aromatic rings. The van der Waals surface area contributed by atoms with Crippen molar-refractivity contribution in [1.29, 1.82) is 0 Å². The predicted molar refractivity (Wildman–Crippen MR) is 144 cm³/mol. The fourth-order valence-corrected chi connectivity index (χ4v) is 4.80. The van der Waals surface area contributed by atoms with Crippen LogP contribution in [-0.4, -0.2) is 10.6 Å². The van der Waals surface area contributed by atoms with E-state index in [-0.39, 0.29) is 6.17 Å². The average Bonchev–Trinajstić information content (AvgIpc) is 3.31. The first-order chi connectivity index (χ1) is 16.4. The first-order valence-electron chi connectivity index (χ1n) is 12.1. The molecule has 34 heavy (non-hydrogen) atoms. The van der Waals surface area contributed by atoms with E-state index in [9.17, 15) is 0 Å². The van der Waals surface area contributed by atoms with Gasteiger partial charge >= 0.3 is 0 Å². The molecule has 0 saturated carbocycles. The van der Waals surface area contributed by atoms with Crippen LogP contribution >= 0.6 is 0 Å². The molecule has 172 valence electrons. The molecule has 2 unspecified atom stereocenters. The van der Waals surface area contributed by atoms with Gasteiger partial charge in [0.2, 0.25) is 0 Å². The van der Waals surface area contributed by atoms with Crippen molar-refractivity contribution >= 4 is 17.1 Å². The zero-order chi connectivity index (χ0) is 23.8. The summed E-state index contributed by atoms with van der Waals surface area (Å²) in [6.07, 6.45) is 3.43.